The molecule has 2 amide bonds. The van der Waals surface area contributed by atoms with E-state index in [2.05, 4.69) is 5.32 Å². The summed E-state index contributed by atoms with van der Waals surface area (Å²) in [4.78, 5) is 26.0. The van der Waals surface area contributed by atoms with E-state index in [9.17, 15) is 19.1 Å². The van der Waals surface area contributed by atoms with E-state index in [0.717, 1.165) is 0 Å². The van der Waals surface area contributed by atoms with E-state index in [1.165, 1.54) is 17.0 Å². The van der Waals surface area contributed by atoms with E-state index >= 15 is 0 Å². The number of nitrogens with two attached hydrogens (primary N) is 1. The van der Waals surface area contributed by atoms with Gasteiger partial charge in [0.1, 0.15) is 5.82 Å². The molecule has 1 fully saturated rings. The molecular formula is C24H29ClFN3O4. The van der Waals surface area contributed by atoms with Crippen LogP contribution in [-0.4, -0.2) is 47.7 Å². The number of carboxylic acid groups (broad SMARTS) is 1. The molecule has 0 spiro atoms. The highest BCUT2D eigenvalue weighted by atomic mass is 35.5. The second-order valence-electron chi connectivity index (χ2n) is 9.33. The van der Waals surface area contributed by atoms with Crippen molar-refractivity contribution in [3.05, 3.63) is 64.4 Å². The fourth-order valence-electron chi connectivity index (χ4n) is 3.85. The molecular weight excluding hydrogens is 449 g/mol. The van der Waals surface area contributed by atoms with Gasteiger partial charge < -0.3 is 25.8 Å². The van der Waals surface area contributed by atoms with Gasteiger partial charge in [-0.25, -0.2) is 9.18 Å². The Hall–Kier alpha value is -2.84. The number of halogens is 2. The molecule has 1 unspecified atom stereocenters. The van der Waals surface area contributed by atoms with Crippen molar-refractivity contribution in [2.75, 3.05) is 25.4 Å². The second kappa shape index (κ2) is 9.97. The molecule has 0 bridgehead atoms. The minimum atomic E-state index is -1.08. The van der Waals surface area contributed by atoms with E-state index in [-0.39, 0.29) is 36.0 Å². The van der Waals surface area contributed by atoms with Gasteiger partial charge in [0.15, 0.2) is 0 Å². The standard InChI is InChI=1S/C24H29ClFN3O4/c1-24(2,3)20-13-29(23(31)32)12-15(11-28-22(30)16-6-4-5-7-19(16)27)21(33-20)14-8-9-17(25)18(26)10-14/h4-10,15,20-21H,11-13,27H2,1-3H3,(H,28,30)(H,31,32)/t15-,20?,21+/m1/s1. The summed E-state index contributed by atoms with van der Waals surface area (Å²) >= 11 is 5.87. The van der Waals surface area contributed by atoms with E-state index in [1.54, 1.807) is 30.3 Å². The fraction of sp³-hybridized carbons (Fsp3) is 0.417. The number of ether oxygens (including phenoxy) is 1. The molecule has 178 valence electrons. The van der Waals surface area contributed by atoms with Crippen molar-refractivity contribution in [2.24, 2.45) is 11.3 Å². The third-order valence-electron chi connectivity index (χ3n) is 5.82. The van der Waals surface area contributed by atoms with Crippen LogP contribution in [0.15, 0.2) is 42.5 Å². The Morgan fingerprint density at radius 3 is 2.55 bits per heavy atom. The zero-order valence-electron chi connectivity index (χ0n) is 18.8. The van der Waals surface area contributed by atoms with Gasteiger partial charge in [0.05, 0.1) is 29.3 Å². The number of hydrogen-bond donors (Lipinski definition) is 3. The van der Waals surface area contributed by atoms with Crippen LogP contribution in [0.1, 0.15) is 42.8 Å². The summed E-state index contributed by atoms with van der Waals surface area (Å²) in [6.07, 6.45) is -2.21. The average Bonchev–Trinajstić information content (AvgIpc) is 2.94. The lowest BCUT2D eigenvalue weighted by atomic mass is 9.88. The molecule has 4 N–H and O–H groups in total. The second-order valence-corrected chi connectivity index (χ2v) is 9.74. The molecule has 2 aromatic carbocycles. The van der Waals surface area contributed by atoms with Crippen LogP contribution in [0, 0.1) is 17.2 Å². The van der Waals surface area contributed by atoms with Gasteiger partial charge in [-0.05, 0) is 35.2 Å². The first-order valence-corrected chi connectivity index (χ1v) is 11.1. The highest BCUT2D eigenvalue weighted by Crippen LogP contribution is 2.37. The van der Waals surface area contributed by atoms with Gasteiger partial charge in [0.2, 0.25) is 0 Å². The predicted molar refractivity (Wildman–Crippen MR) is 125 cm³/mol. The topological polar surface area (TPSA) is 105 Å². The molecule has 0 aromatic heterocycles. The number of benzene rings is 2. The maximum absolute atomic E-state index is 14.3. The van der Waals surface area contributed by atoms with Gasteiger partial charge in [0.25, 0.3) is 5.91 Å². The van der Waals surface area contributed by atoms with Crippen molar-refractivity contribution in [3.63, 3.8) is 0 Å². The van der Waals surface area contributed by atoms with Crippen molar-refractivity contribution in [2.45, 2.75) is 33.0 Å². The number of amides is 2. The predicted octanol–water partition coefficient (Wildman–Crippen LogP) is 4.57. The van der Waals surface area contributed by atoms with E-state index < -0.39 is 30.0 Å². The van der Waals surface area contributed by atoms with Gasteiger partial charge in [-0.15, -0.1) is 0 Å². The fourth-order valence-corrected chi connectivity index (χ4v) is 3.97. The molecule has 1 aliphatic heterocycles. The quantitative estimate of drug-likeness (QED) is 0.559. The van der Waals surface area contributed by atoms with Crippen LogP contribution in [0.25, 0.3) is 0 Å². The van der Waals surface area contributed by atoms with Crippen molar-refractivity contribution >= 4 is 29.3 Å². The molecule has 0 aliphatic carbocycles. The summed E-state index contributed by atoms with van der Waals surface area (Å²) in [5.74, 6) is -1.46. The number of nitrogens with one attached hydrogen (secondary N) is 1. The molecule has 0 radical (unpaired) electrons. The first kappa shape index (κ1) is 24.8. The number of nitrogens with zero attached hydrogens (tertiary/aromatic N) is 1. The third-order valence-corrected chi connectivity index (χ3v) is 6.13. The van der Waals surface area contributed by atoms with Gasteiger partial charge >= 0.3 is 6.09 Å². The van der Waals surface area contributed by atoms with Crippen molar-refractivity contribution in [1.29, 1.82) is 0 Å². The van der Waals surface area contributed by atoms with Crippen LogP contribution in [0.4, 0.5) is 14.9 Å². The number of carbonyl (C=O) groups excluding carboxylic acids is 1. The molecule has 1 saturated heterocycles. The summed E-state index contributed by atoms with van der Waals surface area (Å²) in [6.45, 7) is 6.22. The first-order valence-electron chi connectivity index (χ1n) is 10.7. The average molecular weight is 478 g/mol. The normalized spacial score (nSPS) is 21.4. The Bertz CT molecular complexity index is 1030. The van der Waals surface area contributed by atoms with Crippen LogP contribution in [-0.2, 0) is 4.74 Å². The van der Waals surface area contributed by atoms with Gasteiger partial charge in [0, 0.05) is 24.7 Å². The summed E-state index contributed by atoms with van der Waals surface area (Å²) in [7, 11) is 0. The minimum absolute atomic E-state index is 0.0173. The molecule has 1 heterocycles. The summed E-state index contributed by atoms with van der Waals surface area (Å²) in [5, 5.41) is 12.6. The lowest BCUT2D eigenvalue weighted by molar-refractivity contribution is -0.0764. The van der Waals surface area contributed by atoms with Crippen molar-refractivity contribution < 1.29 is 23.8 Å². The number of rotatable bonds is 4. The Kier molecular flexibility index (Phi) is 7.49. The zero-order chi connectivity index (χ0) is 24.3. The lowest BCUT2D eigenvalue weighted by Gasteiger charge is -2.34. The Balaban J connectivity index is 1.94. The Morgan fingerprint density at radius 2 is 1.94 bits per heavy atom. The molecule has 2 aromatic rings. The van der Waals surface area contributed by atoms with Crippen LogP contribution >= 0.6 is 11.6 Å². The lowest BCUT2D eigenvalue weighted by Crippen LogP contribution is -2.42. The van der Waals surface area contributed by atoms with Crippen molar-refractivity contribution in [3.8, 4) is 0 Å². The van der Waals surface area contributed by atoms with Gasteiger partial charge in [-0.3, -0.25) is 4.79 Å². The van der Waals surface area contributed by atoms with Crippen LogP contribution in [0.3, 0.4) is 0 Å². The number of para-hydroxylation sites is 1. The third kappa shape index (κ3) is 5.94. The summed E-state index contributed by atoms with van der Waals surface area (Å²) < 4.78 is 20.7. The number of hydrogen-bond acceptors (Lipinski definition) is 4. The SMILES string of the molecule is CC(C)(C)C1CN(C(=O)O)C[C@@H](CNC(=O)c2ccccc2N)[C@H](c2ccc(Cl)c(F)c2)O1. The maximum atomic E-state index is 14.3. The smallest absolute Gasteiger partial charge is 0.407 e. The summed E-state index contributed by atoms with van der Waals surface area (Å²) in [6, 6.07) is 11.1. The molecule has 3 rings (SSSR count). The zero-order valence-corrected chi connectivity index (χ0v) is 19.6. The number of nitrogen functional groups attached to an aromatic ring is 1. The first-order chi connectivity index (χ1) is 15.5. The van der Waals surface area contributed by atoms with Gasteiger partial charge in [-0.1, -0.05) is 50.6 Å². The Labute approximate surface area is 197 Å². The molecule has 1 aliphatic rings. The Morgan fingerprint density at radius 1 is 1.24 bits per heavy atom. The van der Waals surface area contributed by atoms with Crippen LogP contribution in [0.2, 0.25) is 5.02 Å². The monoisotopic (exact) mass is 477 g/mol. The highest BCUT2D eigenvalue weighted by molar-refractivity contribution is 6.30. The highest BCUT2D eigenvalue weighted by Gasteiger charge is 2.40. The molecule has 9 heteroatoms. The molecule has 33 heavy (non-hydrogen) atoms. The van der Waals surface area contributed by atoms with Crippen molar-refractivity contribution in [1.82, 2.24) is 10.2 Å². The maximum Gasteiger partial charge on any atom is 0.407 e. The molecule has 7 nitrogen and oxygen atoms in total. The largest absolute Gasteiger partial charge is 0.465 e. The number of anilines is 1. The molecule has 0 saturated carbocycles. The number of carbonyl (C=O) groups is 2. The van der Waals surface area contributed by atoms with E-state index in [1.807, 2.05) is 20.8 Å². The van der Waals surface area contributed by atoms with Crippen LogP contribution < -0.4 is 11.1 Å². The van der Waals surface area contributed by atoms with Gasteiger partial charge in [-0.2, -0.15) is 0 Å². The van der Waals surface area contributed by atoms with Crippen LogP contribution in [0.5, 0.6) is 0 Å². The van der Waals surface area contributed by atoms with E-state index in [0.29, 0.717) is 16.8 Å². The van der Waals surface area contributed by atoms with E-state index in [4.69, 9.17) is 22.1 Å². The summed E-state index contributed by atoms with van der Waals surface area (Å²) in [5.41, 5.74) is 6.71. The molecule has 3 atom stereocenters. The minimum Gasteiger partial charge on any atom is -0.465 e.